The number of aliphatic carboxylic acids is 1. The molecule has 1 aliphatic heterocycles. The van der Waals surface area contributed by atoms with Crippen LogP contribution in [0.4, 0.5) is 4.79 Å². The summed E-state index contributed by atoms with van der Waals surface area (Å²) in [4.78, 5) is 43.0. The van der Waals surface area contributed by atoms with Crippen LogP contribution >= 0.6 is 19.7 Å². The van der Waals surface area contributed by atoms with Crippen LogP contribution in [0, 0.1) is 0 Å². The molecule has 4 N–H and O–H groups in total. The summed E-state index contributed by atoms with van der Waals surface area (Å²) in [6, 6.07) is -1.75. The number of rotatable bonds is 9. The number of imidazole rings is 1. The number of carbonyl (C=O) groups is 3. The second-order valence-corrected chi connectivity index (χ2v) is 10.2. The monoisotopic (exact) mass is 445 g/mol. The number of nitrogens with zero attached hydrogens (tertiary/aromatic N) is 2. The number of nitrogens with one attached hydrogen (secondary N) is 1. The molecule has 1 aromatic heterocycles. The van der Waals surface area contributed by atoms with E-state index >= 15 is 0 Å². The minimum Gasteiger partial charge on any atom is -0.480 e. The van der Waals surface area contributed by atoms with Crippen LogP contribution in [0.15, 0.2) is 6.33 Å². The molecule has 0 fully saturated rings. The fourth-order valence-electron chi connectivity index (χ4n) is 2.70. The van der Waals surface area contributed by atoms with Crippen LogP contribution < -0.4 is 5.73 Å². The molecule has 0 bridgehead atoms. The third-order valence-electron chi connectivity index (χ3n) is 4.16. The summed E-state index contributed by atoms with van der Waals surface area (Å²) in [5.74, 6) is -0.807. The highest BCUT2D eigenvalue weighted by atomic mass is 32.2. The lowest BCUT2D eigenvalue weighted by Gasteiger charge is -2.25. The molecule has 160 valence electrons. The maximum Gasteiger partial charge on any atom is 0.578 e. The first-order valence-corrected chi connectivity index (χ1v) is 11.4. The summed E-state index contributed by atoms with van der Waals surface area (Å²) >= 11 is 1.26. The zero-order chi connectivity index (χ0) is 21.8. The number of aromatic nitrogens is 2. The van der Waals surface area contributed by atoms with Crippen molar-refractivity contribution in [3.05, 3.63) is 17.7 Å². The highest BCUT2D eigenvalue weighted by molar-refractivity contribution is 7.99. The number of hydrogen-bond acceptors (Lipinski definition) is 8. The highest BCUT2D eigenvalue weighted by Crippen LogP contribution is 2.39. The maximum atomic E-state index is 12.8. The van der Waals surface area contributed by atoms with Crippen molar-refractivity contribution in [3.8, 4) is 0 Å². The van der Waals surface area contributed by atoms with Crippen molar-refractivity contribution < 1.29 is 28.8 Å². The van der Waals surface area contributed by atoms with E-state index in [1.54, 1.807) is 20.8 Å². The number of Topliss-reactive ketones (excluding diaryl/α,β-unsaturated/α-hetero) is 1. The lowest BCUT2D eigenvalue weighted by Crippen LogP contribution is -2.43. The van der Waals surface area contributed by atoms with Crippen LogP contribution in [-0.2, 0) is 31.9 Å². The number of fused-ring (bicyclic) bond motifs is 1. The lowest BCUT2D eigenvalue weighted by molar-refractivity contribution is -0.138. The number of ketones is 1. The van der Waals surface area contributed by atoms with Crippen LogP contribution in [0.2, 0.25) is 0 Å². The molecular weight excluding hydrogens is 419 g/mol. The second-order valence-electron chi connectivity index (χ2n) is 7.65. The van der Waals surface area contributed by atoms with Crippen LogP contribution in [-0.4, -0.2) is 66.4 Å². The summed E-state index contributed by atoms with van der Waals surface area (Å²) < 4.78 is 19.4. The number of carboxylic acid groups (broad SMARTS) is 1. The topological polar surface area (TPSA) is 156 Å². The molecule has 29 heavy (non-hydrogen) atoms. The minimum absolute atomic E-state index is 0.0880. The van der Waals surface area contributed by atoms with E-state index in [-0.39, 0.29) is 30.9 Å². The van der Waals surface area contributed by atoms with Gasteiger partial charge in [0.1, 0.15) is 17.7 Å². The zero-order valence-corrected chi connectivity index (χ0v) is 18.3. The number of ether oxygens (including phenoxy) is 1. The normalized spacial score (nSPS) is 18.6. The first-order chi connectivity index (χ1) is 13.5. The number of nitrogens with two attached hydrogens (primary N) is 1. The molecule has 1 aromatic rings. The van der Waals surface area contributed by atoms with Crippen LogP contribution in [0.25, 0.3) is 0 Å². The molecule has 2 heterocycles. The van der Waals surface area contributed by atoms with Crippen molar-refractivity contribution in [2.45, 2.75) is 57.8 Å². The molecule has 1 unspecified atom stereocenters. The molecule has 0 amide bonds. The fourth-order valence-corrected chi connectivity index (χ4v) is 4.96. The summed E-state index contributed by atoms with van der Waals surface area (Å²) in [5.41, 5.74) is 5.20. The first-order valence-electron chi connectivity index (χ1n) is 9.06. The molecule has 0 saturated carbocycles. The molecule has 0 saturated heterocycles. The van der Waals surface area contributed by atoms with Crippen molar-refractivity contribution in [2.24, 2.45) is 5.73 Å². The van der Waals surface area contributed by atoms with Crippen LogP contribution in [0.1, 0.15) is 38.6 Å². The number of thioether (sulfide) groups is 1. The molecule has 2 rings (SSSR count). The van der Waals surface area contributed by atoms with E-state index in [4.69, 9.17) is 15.6 Å². The Hall–Kier alpha value is -1.81. The fraction of sp³-hybridized carbons (Fsp3) is 0.647. The minimum atomic E-state index is -2.59. The number of hydrogen-bond donors (Lipinski definition) is 3. The predicted octanol–water partition coefficient (Wildman–Crippen LogP) is 1.92. The summed E-state index contributed by atoms with van der Waals surface area (Å²) in [5, 5.41) is 8.80. The Morgan fingerprint density at radius 2 is 2.17 bits per heavy atom. The van der Waals surface area contributed by atoms with Crippen LogP contribution in [0.5, 0.6) is 0 Å². The third-order valence-corrected chi connectivity index (χ3v) is 6.47. The van der Waals surface area contributed by atoms with Crippen molar-refractivity contribution in [1.82, 2.24) is 14.6 Å². The van der Waals surface area contributed by atoms with Gasteiger partial charge in [0.25, 0.3) is 0 Å². The Morgan fingerprint density at radius 1 is 1.48 bits per heavy atom. The van der Waals surface area contributed by atoms with E-state index in [2.05, 4.69) is 9.97 Å². The van der Waals surface area contributed by atoms with Gasteiger partial charge in [-0.05, 0) is 37.5 Å². The van der Waals surface area contributed by atoms with E-state index in [0.29, 0.717) is 17.1 Å². The highest BCUT2D eigenvalue weighted by Gasteiger charge is 2.50. The first kappa shape index (κ1) is 23.5. The van der Waals surface area contributed by atoms with Gasteiger partial charge in [-0.15, -0.1) is 0 Å². The Morgan fingerprint density at radius 3 is 2.79 bits per heavy atom. The summed E-state index contributed by atoms with van der Waals surface area (Å²) in [7, 11) is -2.59. The van der Waals surface area contributed by atoms with E-state index < -0.39 is 37.3 Å². The van der Waals surface area contributed by atoms with Gasteiger partial charge in [-0.2, -0.15) is 16.6 Å². The zero-order valence-electron chi connectivity index (χ0n) is 16.6. The molecular formula is C17H26N4O6PS+. The van der Waals surface area contributed by atoms with E-state index in [1.807, 2.05) is 0 Å². The second kappa shape index (κ2) is 9.80. The van der Waals surface area contributed by atoms with Crippen molar-refractivity contribution in [3.63, 3.8) is 0 Å². The van der Waals surface area contributed by atoms with Gasteiger partial charge >= 0.3 is 19.6 Å². The van der Waals surface area contributed by atoms with Crippen LogP contribution in [0.3, 0.4) is 0 Å². The standard InChI is InChI=1S/C17H25N4O6PS/c1-17(2,3)27-16(25)28(26)21-7-12-11(19-9-20-12)6-13(21)14(22)8-29-5-4-10(18)15(23)24/h9-10,13H,4-8,18H2,1-3H3,(H-,19,20,23,24)/p+1/t10-,13-/m0/s1. The van der Waals surface area contributed by atoms with Crippen molar-refractivity contribution >= 4 is 37.2 Å². The van der Waals surface area contributed by atoms with Gasteiger partial charge < -0.3 is 20.6 Å². The van der Waals surface area contributed by atoms with Gasteiger partial charge in [-0.3, -0.25) is 9.59 Å². The van der Waals surface area contributed by atoms with Gasteiger partial charge in [0, 0.05) is 6.42 Å². The average molecular weight is 445 g/mol. The Kier molecular flexibility index (Phi) is 7.93. The van der Waals surface area contributed by atoms with Crippen molar-refractivity contribution in [2.75, 3.05) is 11.5 Å². The van der Waals surface area contributed by atoms with Gasteiger partial charge in [-0.1, -0.05) is 4.67 Å². The molecule has 0 spiro atoms. The van der Waals surface area contributed by atoms with E-state index in [9.17, 15) is 18.9 Å². The molecule has 1 aliphatic rings. The number of carboxylic acids is 1. The molecule has 0 radical (unpaired) electrons. The summed E-state index contributed by atoms with van der Waals surface area (Å²) in [6.07, 6.45) is 1.96. The lowest BCUT2D eigenvalue weighted by atomic mass is 10.0. The van der Waals surface area contributed by atoms with Gasteiger partial charge in [0.2, 0.25) is 0 Å². The maximum absolute atomic E-state index is 12.8. The predicted molar refractivity (Wildman–Crippen MR) is 108 cm³/mol. The SMILES string of the molecule is CC(C)(C)OC(=O)[P+](=O)N1Cc2[nH]cnc2C[C@H]1C(=O)CSCC[C@H](N)C(=O)O. The molecule has 12 heteroatoms. The molecule has 3 atom stereocenters. The molecule has 0 aromatic carbocycles. The number of H-pyrrole nitrogens is 1. The number of aromatic amines is 1. The van der Waals surface area contributed by atoms with E-state index in [1.165, 1.54) is 22.8 Å². The Balaban J connectivity index is 2.05. The Labute approximate surface area is 173 Å². The van der Waals surface area contributed by atoms with Gasteiger partial charge in [-0.25, -0.2) is 4.98 Å². The largest absolute Gasteiger partial charge is 0.578 e. The number of carbonyl (C=O) groups excluding carboxylic acids is 2. The molecule has 10 nitrogen and oxygen atoms in total. The smallest absolute Gasteiger partial charge is 0.480 e. The van der Waals surface area contributed by atoms with Gasteiger partial charge in [0.05, 0.1) is 30.0 Å². The van der Waals surface area contributed by atoms with Crippen molar-refractivity contribution in [1.29, 1.82) is 0 Å². The molecule has 0 aliphatic carbocycles. The Bertz CT molecular complexity index is 793. The van der Waals surface area contributed by atoms with E-state index in [0.717, 1.165) is 0 Å². The summed E-state index contributed by atoms with van der Waals surface area (Å²) in [6.45, 7) is 5.16. The average Bonchev–Trinajstić information content (AvgIpc) is 3.09. The third kappa shape index (κ3) is 6.60. The van der Waals surface area contributed by atoms with Gasteiger partial charge in [0.15, 0.2) is 5.78 Å². The quantitative estimate of drug-likeness (QED) is 0.379.